The summed E-state index contributed by atoms with van der Waals surface area (Å²) in [5.74, 6) is -1.05. The summed E-state index contributed by atoms with van der Waals surface area (Å²) in [6, 6.07) is 7.07. The largest absolute Gasteiger partial charge is 0.368 e. The summed E-state index contributed by atoms with van der Waals surface area (Å²) in [7, 11) is 0. The Bertz CT molecular complexity index is 434. The third-order valence-electron chi connectivity index (χ3n) is 2.34. The number of primary amides is 1. The van der Waals surface area contributed by atoms with Crippen LogP contribution in [0.3, 0.4) is 0 Å². The molecule has 0 radical (unpaired) electrons. The van der Waals surface area contributed by atoms with E-state index in [0.717, 1.165) is 4.47 Å². The molecule has 18 heavy (non-hydrogen) atoms. The molecule has 0 aliphatic rings. The molecule has 1 aromatic carbocycles. The third kappa shape index (κ3) is 4.29. The van der Waals surface area contributed by atoms with E-state index in [1.165, 1.54) is 0 Å². The van der Waals surface area contributed by atoms with Crippen LogP contribution in [0, 0.1) is 0 Å². The van der Waals surface area contributed by atoms with Crippen LogP contribution in [0.5, 0.6) is 0 Å². The van der Waals surface area contributed by atoms with Gasteiger partial charge in [0.05, 0.1) is 6.54 Å². The summed E-state index contributed by atoms with van der Waals surface area (Å²) < 4.78 is 0.898. The molecule has 0 saturated carbocycles. The molecule has 0 bridgehead atoms. The number of rotatable bonds is 4. The van der Waals surface area contributed by atoms with E-state index in [0.29, 0.717) is 5.56 Å². The molecule has 0 aliphatic carbocycles. The lowest BCUT2D eigenvalue weighted by atomic mass is 9.92. The van der Waals surface area contributed by atoms with Gasteiger partial charge in [0.2, 0.25) is 11.8 Å². The molecule has 0 heterocycles. The maximum atomic E-state index is 11.8. The normalized spacial score (nSPS) is 13.1. The second-order valence-corrected chi connectivity index (χ2v) is 4.77. The van der Waals surface area contributed by atoms with Crippen molar-refractivity contribution in [1.29, 1.82) is 0 Å². The highest BCUT2D eigenvalue weighted by atomic mass is 79.9. The van der Waals surface area contributed by atoms with Crippen molar-refractivity contribution in [1.82, 2.24) is 5.32 Å². The number of hydrogen-bond donors (Lipinski definition) is 3. The summed E-state index contributed by atoms with van der Waals surface area (Å²) in [6.45, 7) is 1.36. The van der Waals surface area contributed by atoms with Gasteiger partial charge < -0.3 is 16.8 Å². The molecule has 1 rings (SSSR count). The van der Waals surface area contributed by atoms with Gasteiger partial charge in [-0.15, -0.1) is 12.4 Å². The fourth-order valence-electron chi connectivity index (χ4n) is 1.28. The fourth-order valence-corrected chi connectivity index (χ4v) is 1.54. The number of benzene rings is 1. The van der Waals surface area contributed by atoms with E-state index in [4.69, 9.17) is 11.5 Å². The van der Waals surface area contributed by atoms with Crippen LogP contribution in [-0.4, -0.2) is 18.4 Å². The number of hydrogen-bond acceptors (Lipinski definition) is 3. The van der Waals surface area contributed by atoms with Crippen LogP contribution < -0.4 is 16.8 Å². The summed E-state index contributed by atoms with van der Waals surface area (Å²) in [5, 5.41) is 2.39. The second kappa shape index (κ2) is 6.72. The highest BCUT2D eigenvalue weighted by Crippen LogP contribution is 2.20. The molecule has 0 aliphatic heterocycles. The average molecular weight is 337 g/mol. The van der Waals surface area contributed by atoms with Crippen LogP contribution in [0.1, 0.15) is 12.5 Å². The van der Waals surface area contributed by atoms with Gasteiger partial charge in [-0.1, -0.05) is 28.1 Å². The van der Waals surface area contributed by atoms with Crippen LogP contribution in [-0.2, 0) is 15.1 Å². The maximum Gasteiger partial charge on any atom is 0.244 e. The maximum absolute atomic E-state index is 11.8. The lowest BCUT2D eigenvalue weighted by Crippen LogP contribution is -2.50. The molecular weight excluding hydrogens is 321 g/mol. The Morgan fingerprint density at radius 3 is 2.28 bits per heavy atom. The van der Waals surface area contributed by atoms with Gasteiger partial charge in [0.25, 0.3) is 0 Å². The van der Waals surface area contributed by atoms with Crippen LogP contribution in [0.15, 0.2) is 28.7 Å². The minimum absolute atomic E-state index is 0. The third-order valence-corrected chi connectivity index (χ3v) is 2.87. The standard InChI is InChI=1S/C11H14BrN3O2.ClH/c1-11(14,10(17)15-6-9(13)16)7-2-4-8(12)5-3-7;/h2-5H,6,14H2,1H3,(H2,13,16)(H,15,17);1H. The average Bonchev–Trinajstić information content (AvgIpc) is 2.26. The molecule has 5 N–H and O–H groups in total. The van der Waals surface area contributed by atoms with E-state index in [9.17, 15) is 9.59 Å². The molecule has 100 valence electrons. The van der Waals surface area contributed by atoms with Crippen molar-refractivity contribution >= 4 is 40.2 Å². The Labute approximate surface area is 120 Å². The number of carbonyl (C=O) groups is 2. The monoisotopic (exact) mass is 335 g/mol. The topological polar surface area (TPSA) is 98.2 Å². The van der Waals surface area contributed by atoms with Crippen molar-refractivity contribution in [2.75, 3.05) is 6.54 Å². The summed E-state index contributed by atoms with van der Waals surface area (Å²) in [5.41, 5.74) is 10.3. The molecule has 0 saturated heterocycles. The molecule has 1 atom stereocenters. The van der Waals surface area contributed by atoms with E-state index >= 15 is 0 Å². The molecule has 0 spiro atoms. The van der Waals surface area contributed by atoms with Gasteiger partial charge in [0.1, 0.15) is 5.54 Å². The van der Waals surface area contributed by atoms with Gasteiger partial charge in [-0.05, 0) is 24.6 Å². The van der Waals surface area contributed by atoms with Gasteiger partial charge in [-0.25, -0.2) is 0 Å². The van der Waals surface area contributed by atoms with Gasteiger partial charge in [0, 0.05) is 4.47 Å². The number of nitrogens with two attached hydrogens (primary N) is 2. The van der Waals surface area contributed by atoms with Gasteiger partial charge >= 0.3 is 0 Å². The van der Waals surface area contributed by atoms with Crippen molar-refractivity contribution in [2.45, 2.75) is 12.5 Å². The van der Waals surface area contributed by atoms with Crippen LogP contribution in [0.25, 0.3) is 0 Å². The van der Waals surface area contributed by atoms with Gasteiger partial charge in [-0.3, -0.25) is 9.59 Å². The highest BCUT2D eigenvalue weighted by molar-refractivity contribution is 9.10. The first kappa shape index (κ1) is 16.9. The molecule has 0 fully saturated rings. The number of halogens is 2. The van der Waals surface area contributed by atoms with Gasteiger partial charge in [-0.2, -0.15) is 0 Å². The van der Waals surface area contributed by atoms with Crippen LogP contribution in [0.2, 0.25) is 0 Å². The zero-order valence-corrected chi connectivity index (χ0v) is 12.2. The first-order valence-electron chi connectivity index (χ1n) is 4.95. The smallest absolute Gasteiger partial charge is 0.244 e. The molecular formula is C11H15BrClN3O2. The lowest BCUT2D eigenvalue weighted by Gasteiger charge is -2.23. The van der Waals surface area contributed by atoms with E-state index < -0.39 is 17.4 Å². The Morgan fingerprint density at radius 2 is 1.83 bits per heavy atom. The molecule has 1 aromatic rings. The minimum atomic E-state index is -1.20. The molecule has 0 aromatic heterocycles. The molecule has 2 amide bonds. The summed E-state index contributed by atoms with van der Waals surface area (Å²) in [6.07, 6.45) is 0. The first-order chi connectivity index (χ1) is 7.84. The Kier molecular flexibility index (Phi) is 6.31. The molecule has 1 unspecified atom stereocenters. The number of nitrogens with one attached hydrogen (secondary N) is 1. The number of amides is 2. The van der Waals surface area contributed by atoms with Crippen molar-refractivity contribution in [3.63, 3.8) is 0 Å². The van der Waals surface area contributed by atoms with Crippen molar-refractivity contribution in [3.05, 3.63) is 34.3 Å². The number of carbonyl (C=O) groups excluding carboxylic acids is 2. The predicted molar refractivity (Wildman–Crippen MR) is 75.1 cm³/mol. The second-order valence-electron chi connectivity index (χ2n) is 3.86. The van der Waals surface area contributed by atoms with E-state index in [1.807, 2.05) is 0 Å². The summed E-state index contributed by atoms with van der Waals surface area (Å²) >= 11 is 3.30. The molecule has 7 heteroatoms. The zero-order valence-electron chi connectivity index (χ0n) is 9.77. The van der Waals surface area contributed by atoms with Gasteiger partial charge in [0.15, 0.2) is 0 Å². The fraction of sp³-hybridized carbons (Fsp3) is 0.273. The Hall–Kier alpha value is -1.11. The van der Waals surface area contributed by atoms with Crippen LogP contribution >= 0.6 is 28.3 Å². The lowest BCUT2D eigenvalue weighted by molar-refractivity contribution is -0.128. The van der Waals surface area contributed by atoms with Crippen molar-refractivity contribution in [3.8, 4) is 0 Å². The van der Waals surface area contributed by atoms with Crippen molar-refractivity contribution in [2.24, 2.45) is 11.5 Å². The van der Waals surface area contributed by atoms with E-state index in [2.05, 4.69) is 21.2 Å². The first-order valence-corrected chi connectivity index (χ1v) is 5.75. The minimum Gasteiger partial charge on any atom is -0.368 e. The Balaban J connectivity index is 0.00000289. The molecule has 5 nitrogen and oxygen atoms in total. The zero-order chi connectivity index (χ0) is 13.1. The predicted octanol–water partition coefficient (Wildman–Crippen LogP) is 0.646. The Morgan fingerprint density at radius 1 is 1.33 bits per heavy atom. The van der Waals surface area contributed by atoms with Crippen LogP contribution in [0.4, 0.5) is 0 Å². The van der Waals surface area contributed by atoms with E-state index in [-0.39, 0.29) is 19.0 Å². The summed E-state index contributed by atoms with van der Waals surface area (Å²) in [4.78, 5) is 22.4. The van der Waals surface area contributed by atoms with Crippen molar-refractivity contribution < 1.29 is 9.59 Å². The SMILES string of the molecule is CC(N)(C(=O)NCC(N)=O)c1ccc(Br)cc1.Cl. The highest BCUT2D eigenvalue weighted by Gasteiger charge is 2.30. The van der Waals surface area contributed by atoms with E-state index in [1.54, 1.807) is 31.2 Å². The quantitative estimate of drug-likeness (QED) is 0.753.